The minimum Gasteiger partial charge on any atom is -0.312 e. The fraction of sp³-hybridized carbons (Fsp3) is 0.375. The summed E-state index contributed by atoms with van der Waals surface area (Å²) in [6, 6.07) is 1.94. The summed E-state index contributed by atoms with van der Waals surface area (Å²) >= 11 is 10.9. The molecule has 1 aromatic heterocycles. The predicted octanol–water partition coefficient (Wildman–Crippen LogP) is 2.63. The Bertz CT molecular complexity index is 281. The van der Waals surface area contributed by atoms with Crippen LogP contribution in [0.1, 0.15) is 5.56 Å². The summed E-state index contributed by atoms with van der Waals surface area (Å²) in [5.74, 6) is 0.849. The average Bonchev–Trinajstić information content (AvgIpc) is 2.09. The number of nitrogens with one attached hydrogen (secondary N) is 1. The molecular weight excluding hydrogens is 316 g/mol. The summed E-state index contributed by atoms with van der Waals surface area (Å²) in [6.07, 6.45) is 1.85. The molecule has 0 atom stereocenters. The zero-order chi connectivity index (χ0) is 9.68. The van der Waals surface area contributed by atoms with Crippen molar-refractivity contribution in [3.8, 4) is 0 Å². The molecule has 0 aromatic carbocycles. The van der Waals surface area contributed by atoms with Gasteiger partial charge in [-0.1, -0.05) is 15.9 Å². The molecule has 1 aromatic rings. The van der Waals surface area contributed by atoms with Crippen molar-refractivity contribution in [1.82, 2.24) is 10.3 Å². The van der Waals surface area contributed by atoms with Gasteiger partial charge in [-0.3, -0.25) is 0 Å². The average molecular weight is 326 g/mol. The summed E-state index contributed by atoms with van der Waals surface area (Å²) in [5.41, 5.74) is 1.16. The molecule has 0 aliphatic rings. The number of hydrogen-bond donors (Lipinski definition) is 2. The van der Waals surface area contributed by atoms with Crippen LogP contribution in [0.2, 0.25) is 0 Å². The van der Waals surface area contributed by atoms with E-state index in [0.29, 0.717) is 0 Å². The van der Waals surface area contributed by atoms with Gasteiger partial charge in [-0.05, 0) is 27.6 Å². The molecular formula is C8H10Br2N2S. The monoisotopic (exact) mass is 324 g/mol. The van der Waals surface area contributed by atoms with Crippen molar-refractivity contribution < 1.29 is 0 Å². The van der Waals surface area contributed by atoms with Gasteiger partial charge in [0.1, 0.15) is 4.60 Å². The van der Waals surface area contributed by atoms with E-state index in [0.717, 1.165) is 33.5 Å². The van der Waals surface area contributed by atoms with E-state index in [4.69, 9.17) is 0 Å². The quantitative estimate of drug-likeness (QED) is 0.505. The van der Waals surface area contributed by atoms with Crippen molar-refractivity contribution in [2.24, 2.45) is 0 Å². The lowest BCUT2D eigenvalue weighted by Crippen LogP contribution is -2.16. The molecule has 0 aliphatic heterocycles. The molecule has 0 unspecified atom stereocenters. The standard InChI is InChI=1S/C8H10Br2N2S/c9-7-3-8(10)12-5-6(7)4-11-1-2-13/h3,5,11,13H,1-2,4H2. The lowest BCUT2D eigenvalue weighted by atomic mass is 10.3. The first-order valence-corrected chi connectivity index (χ1v) is 6.07. The first-order chi connectivity index (χ1) is 6.24. The van der Waals surface area contributed by atoms with E-state index >= 15 is 0 Å². The molecule has 5 heteroatoms. The first kappa shape index (κ1) is 11.5. The highest BCUT2D eigenvalue weighted by Crippen LogP contribution is 2.19. The van der Waals surface area contributed by atoms with Crippen LogP contribution in [0.3, 0.4) is 0 Å². The smallest absolute Gasteiger partial charge is 0.107 e. The van der Waals surface area contributed by atoms with Crippen LogP contribution < -0.4 is 5.32 Å². The molecule has 0 bridgehead atoms. The Morgan fingerprint density at radius 2 is 2.23 bits per heavy atom. The van der Waals surface area contributed by atoms with E-state index in [1.807, 2.05) is 12.3 Å². The van der Waals surface area contributed by atoms with Gasteiger partial charge in [-0.2, -0.15) is 12.6 Å². The molecule has 72 valence electrons. The second-order valence-electron chi connectivity index (χ2n) is 2.50. The van der Waals surface area contributed by atoms with Gasteiger partial charge in [0, 0.05) is 29.5 Å². The summed E-state index contributed by atoms with van der Waals surface area (Å²) in [4.78, 5) is 4.15. The third-order valence-corrected chi connectivity index (χ3v) is 2.90. The first-order valence-electron chi connectivity index (χ1n) is 3.85. The number of hydrogen-bond acceptors (Lipinski definition) is 3. The zero-order valence-electron chi connectivity index (χ0n) is 6.93. The van der Waals surface area contributed by atoms with Gasteiger partial charge in [-0.25, -0.2) is 4.98 Å². The zero-order valence-corrected chi connectivity index (χ0v) is 11.0. The van der Waals surface area contributed by atoms with Gasteiger partial charge >= 0.3 is 0 Å². The normalized spacial score (nSPS) is 10.4. The Morgan fingerprint density at radius 1 is 1.46 bits per heavy atom. The molecule has 0 spiro atoms. The maximum absolute atomic E-state index is 4.15. The number of rotatable bonds is 4. The molecule has 0 amide bonds. The van der Waals surface area contributed by atoms with Crippen LogP contribution in [0.15, 0.2) is 21.3 Å². The van der Waals surface area contributed by atoms with Crippen molar-refractivity contribution in [3.05, 3.63) is 26.9 Å². The van der Waals surface area contributed by atoms with Gasteiger partial charge < -0.3 is 5.32 Å². The maximum atomic E-state index is 4.15. The lowest BCUT2D eigenvalue weighted by Gasteiger charge is -2.04. The fourth-order valence-corrected chi connectivity index (χ4v) is 2.12. The summed E-state index contributed by atoms with van der Waals surface area (Å²) in [5, 5.41) is 3.25. The van der Waals surface area contributed by atoms with E-state index in [9.17, 15) is 0 Å². The van der Waals surface area contributed by atoms with Crippen molar-refractivity contribution in [2.75, 3.05) is 12.3 Å². The molecule has 1 heterocycles. The van der Waals surface area contributed by atoms with Gasteiger partial charge in [0.05, 0.1) is 0 Å². The second-order valence-corrected chi connectivity index (χ2v) is 4.61. The second kappa shape index (κ2) is 6.01. The number of nitrogens with zero attached hydrogens (tertiary/aromatic N) is 1. The molecule has 0 saturated heterocycles. The van der Waals surface area contributed by atoms with Crippen LogP contribution in [0, 0.1) is 0 Å². The van der Waals surface area contributed by atoms with Crippen LogP contribution in [0.5, 0.6) is 0 Å². The molecule has 0 saturated carbocycles. The van der Waals surface area contributed by atoms with Crippen LogP contribution in [-0.4, -0.2) is 17.3 Å². The topological polar surface area (TPSA) is 24.9 Å². The third kappa shape index (κ3) is 3.97. The van der Waals surface area contributed by atoms with E-state index in [1.54, 1.807) is 0 Å². The number of thiol groups is 1. The van der Waals surface area contributed by atoms with Crippen LogP contribution >= 0.6 is 44.5 Å². The van der Waals surface area contributed by atoms with E-state index in [2.05, 4.69) is 54.8 Å². The molecule has 13 heavy (non-hydrogen) atoms. The summed E-state index contributed by atoms with van der Waals surface area (Å²) < 4.78 is 1.92. The molecule has 0 aliphatic carbocycles. The van der Waals surface area contributed by atoms with Gasteiger partial charge in [-0.15, -0.1) is 0 Å². The molecule has 1 N–H and O–H groups in total. The maximum Gasteiger partial charge on any atom is 0.107 e. The summed E-state index contributed by atoms with van der Waals surface area (Å²) in [7, 11) is 0. The number of halogens is 2. The molecule has 0 fully saturated rings. The highest BCUT2D eigenvalue weighted by atomic mass is 79.9. The predicted molar refractivity (Wildman–Crippen MR) is 65.2 cm³/mol. The Labute approximate surface area is 100 Å². The third-order valence-electron chi connectivity index (χ3n) is 1.50. The number of pyridine rings is 1. The minimum atomic E-state index is 0.821. The van der Waals surface area contributed by atoms with E-state index in [1.165, 1.54) is 0 Å². The number of aromatic nitrogens is 1. The van der Waals surface area contributed by atoms with Gasteiger partial charge in [0.25, 0.3) is 0 Å². The van der Waals surface area contributed by atoms with Crippen molar-refractivity contribution in [2.45, 2.75) is 6.54 Å². The molecule has 0 radical (unpaired) electrons. The van der Waals surface area contributed by atoms with E-state index in [-0.39, 0.29) is 0 Å². The SMILES string of the molecule is SCCNCc1cnc(Br)cc1Br. The van der Waals surface area contributed by atoms with Crippen LogP contribution in [0.4, 0.5) is 0 Å². The highest BCUT2D eigenvalue weighted by Gasteiger charge is 2.00. The van der Waals surface area contributed by atoms with Gasteiger partial charge in [0.15, 0.2) is 0 Å². The molecule has 1 rings (SSSR count). The Kier molecular flexibility index (Phi) is 5.31. The Hall–Kier alpha value is 0.420. The van der Waals surface area contributed by atoms with Crippen LogP contribution in [0.25, 0.3) is 0 Å². The lowest BCUT2D eigenvalue weighted by molar-refractivity contribution is 0.727. The van der Waals surface area contributed by atoms with Gasteiger partial charge in [0.2, 0.25) is 0 Å². The largest absolute Gasteiger partial charge is 0.312 e. The van der Waals surface area contributed by atoms with Crippen molar-refractivity contribution in [1.29, 1.82) is 0 Å². The molecule has 2 nitrogen and oxygen atoms in total. The highest BCUT2D eigenvalue weighted by molar-refractivity contribution is 9.11. The van der Waals surface area contributed by atoms with Crippen molar-refractivity contribution >= 4 is 44.5 Å². The summed E-state index contributed by atoms with van der Waals surface area (Å²) in [6.45, 7) is 1.73. The van der Waals surface area contributed by atoms with Crippen molar-refractivity contribution in [3.63, 3.8) is 0 Å². The Balaban J connectivity index is 2.56. The Morgan fingerprint density at radius 3 is 2.85 bits per heavy atom. The minimum absolute atomic E-state index is 0.821. The van der Waals surface area contributed by atoms with E-state index < -0.39 is 0 Å². The fourth-order valence-electron chi connectivity index (χ4n) is 0.868. The van der Waals surface area contributed by atoms with Crippen LogP contribution in [-0.2, 0) is 6.54 Å².